The van der Waals surface area contributed by atoms with Gasteiger partial charge in [0, 0.05) is 13.2 Å². The van der Waals surface area contributed by atoms with Crippen LogP contribution in [0, 0.1) is 0 Å². The fourth-order valence-corrected chi connectivity index (χ4v) is 1.25. The smallest absolute Gasteiger partial charge is 0.203 e. The summed E-state index contributed by atoms with van der Waals surface area (Å²) in [6, 6.07) is 0.267. The molecule has 1 saturated heterocycles. The van der Waals surface area contributed by atoms with Crippen LogP contribution in [-0.2, 0) is 4.74 Å². The Hall–Kier alpha value is -0.810. The number of guanidine groups is 1. The first-order valence-electron chi connectivity index (χ1n) is 4.20. The van der Waals surface area contributed by atoms with E-state index in [4.69, 9.17) is 16.3 Å². The molecule has 1 aliphatic heterocycles. The van der Waals surface area contributed by atoms with Gasteiger partial charge in [0.15, 0.2) is 0 Å². The molecule has 0 bridgehead atoms. The number of hydrogen-bond donors (Lipinski definition) is 3. The molecule has 0 aromatic rings. The summed E-state index contributed by atoms with van der Waals surface area (Å²) >= 11 is 0. The van der Waals surface area contributed by atoms with Gasteiger partial charge >= 0.3 is 0 Å². The monoisotopic (exact) mass is 172 g/mol. The quantitative estimate of drug-likeness (QED) is 0.212. The van der Waals surface area contributed by atoms with E-state index in [1.807, 2.05) is 0 Å². The van der Waals surface area contributed by atoms with Gasteiger partial charge in [-0.3, -0.25) is 5.43 Å². The predicted octanol–water partition coefficient (Wildman–Crippen LogP) is -0.667. The van der Waals surface area contributed by atoms with Crippen molar-refractivity contribution in [1.82, 2.24) is 5.43 Å². The lowest BCUT2D eigenvalue weighted by molar-refractivity contribution is 0.143. The zero-order valence-electron chi connectivity index (χ0n) is 7.12. The van der Waals surface area contributed by atoms with Gasteiger partial charge in [0.1, 0.15) is 0 Å². The van der Waals surface area contributed by atoms with Crippen LogP contribution in [0.3, 0.4) is 0 Å². The van der Waals surface area contributed by atoms with Crippen LogP contribution in [-0.4, -0.2) is 25.2 Å². The van der Waals surface area contributed by atoms with Crippen LogP contribution < -0.4 is 17.0 Å². The highest BCUT2D eigenvalue weighted by Gasteiger charge is 2.10. The molecule has 1 unspecified atom stereocenters. The second kappa shape index (κ2) is 4.95. The van der Waals surface area contributed by atoms with Crippen molar-refractivity contribution in [1.29, 1.82) is 0 Å². The fourth-order valence-electron chi connectivity index (χ4n) is 1.25. The Morgan fingerprint density at radius 1 is 1.42 bits per heavy atom. The minimum Gasteiger partial charge on any atom is -0.381 e. The molecule has 0 spiro atoms. The lowest BCUT2D eigenvalue weighted by Gasteiger charge is -2.08. The predicted molar refractivity (Wildman–Crippen MR) is 47.4 cm³/mol. The molecule has 12 heavy (non-hydrogen) atoms. The third-order valence-electron chi connectivity index (χ3n) is 1.89. The van der Waals surface area contributed by atoms with E-state index < -0.39 is 0 Å². The summed E-state index contributed by atoms with van der Waals surface area (Å²) in [6.45, 7) is 1.61. The van der Waals surface area contributed by atoms with Crippen LogP contribution in [0.5, 0.6) is 0 Å². The number of rotatable bonds is 1. The molecule has 70 valence electrons. The maximum Gasteiger partial charge on any atom is 0.203 e. The van der Waals surface area contributed by atoms with Crippen molar-refractivity contribution in [2.75, 3.05) is 13.2 Å². The van der Waals surface area contributed by atoms with Gasteiger partial charge in [-0.2, -0.15) is 0 Å². The van der Waals surface area contributed by atoms with Gasteiger partial charge in [-0.25, -0.2) is 10.8 Å². The van der Waals surface area contributed by atoms with Crippen molar-refractivity contribution >= 4 is 5.96 Å². The van der Waals surface area contributed by atoms with E-state index in [1.165, 1.54) is 0 Å². The number of nitrogens with zero attached hydrogens (tertiary/aromatic N) is 1. The largest absolute Gasteiger partial charge is 0.381 e. The zero-order valence-corrected chi connectivity index (χ0v) is 7.12. The average molecular weight is 172 g/mol. The van der Waals surface area contributed by atoms with E-state index >= 15 is 0 Å². The molecule has 1 rings (SSSR count). The minimum absolute atomic E-state index is 0.267. The van der Waals surface area contributed by atoms with Crippen molar-refractivity contribution in [3.8, 4) is 0 Å². The number of ether oxygens (including phenoxy) is 1. The Morgan fingerprint density at radius 2 is 2.25 bits per heavy atom. The maximum atomic E-state index is 5.43. The van der Waals surface area contributed by atoms with Gasteiger partial charge in [-0.05, 0) is 19.3 Å². The molecule has 0 aromatic heterocycles. The summed E-state index contributed by atoms with van der Waals surface area (Å²) in [5, 5.41) is 0. The molecule has 1 fully saturated rings. The van der Waals surface area contributed by atoms with Crippen LogP contribution in [0.4, 0.5) is 0 Å². The zero-order chi connectivity index (χ0) is 8.81. The van der Waals surface area contributed by atoms with Crippen LogP contribution in [0.1, 0.15) is 19.3 Å². The normalized spacial score (nSPS) is 26.4. The number of aliphatic imine (C=N–C) groups is 1. The summed E-state index contributed by atoms with van der Waals surface area (Å²) in [6.07, 6.45) is 3.01. The first-order chi connectivity index (χ1) is 5.83. The molecular weight excluding hydrogens is 156 g/mol. The number of nitrogens with one attached hydrogen (secondary N) is 1. The lowest BCUT2D eigenvalue weighted by Crippen LogP contribution is -2.38. The van der Waals surface area contributed by atoms with Gasteiger partial charge in [-0.1, -0.05) is 0 Å². The van der Waals surface area contributed by atoms with Gasteiger partial charge in [0.25, 0.3) is 0 Å². The fraction of sp³-hybridized carbons (Fsp3) is 0.857. The summed E-state index contributed by atoms with van der Waals surface area (Å²) in [4.78, 5) is 4.19. The summed E-state index contributed by atoms with van der Waals surface area (Å²) in [5.74, 6) is 5.40. The van der Waals surface area contributed by atoms with Gasteiger partial charge in [-0.15, -0.1) is 0 Å². The summed E-state index contributed by atoms with van der Waals surface area (Å²) < 4.78 is 5.28. The van der Waals surface area contributed by atoms with Crippen molar-refractivity contribution in [2.45, 2.75) is 25.3 Å². The minimum atomic E-state index is 0.267. The molecule has 5 nitrogen and oxygen atoms in total. The summed E-state index contributed by atoms with van der Waals surface area (Å²) in [7, 11) is 0. The average Bonchev–Trinajstić information content (AvgIpc) is 2.33. The lowest BCUT2D eigenvalue weighted by atomic mass is 10.1. The molecule has 0 saturated carbocycles. The van der Waals surface area contributed by atoms with Gasteiger partial charge < -0.3 is 10.5 Å². The van der Waals surface area contributed by atoms with Crippen molar-refractivity contribution < 1.29 is 4.74 Å². The second-order valence-corrected chi connectivity index (χ2v) is 2.86. The molecule has 1 aliphatic rings. The van der Waals surface area contributed by atoms with Crippen LogP contribution in [0.15, 0.2) is 4.99 Å². The first-order valence-corrected chi connectivity index (χ1v) is 4.20. The molecule has 1 atom stereocenters. The molecular formula is C7H16N4O. The molecule has 5 N–H and O–H groups in total. The second-order valence-electron chi connectivity index (χ2n) is 2.86. The number of hydrogen-bond acceptors (Lipinski definition) is 3. The van der Waals surface area contributed by atoms with E-state index in [1.54, 1.807) is 0 Å². The Kier molecular flexibility index (Phi) is 3.83. The Bertz CT molecular complexity index is 151. The third kappa shape index (κ3) is 3.06. The third-order valence-corrected chi connectivity index (χ3v) is 1.89. The van der Waals surface area contributed by atoms with Crippen molar-refractivity contribution in [2.24, 2.45) is 16.6 Å². The molecule has 5 heteroatoms. The van der Waals surface area contributed by atoms with Crippen LogP contribution >= 0.6 is 0 Å². The molecule has 0 amide bonds. The Labute approximate surface area is 72.1 Å². The van der Waals surface area contributed by atoms with E-state index in [9.17, 15) is 0 Å². The first kappa shape index (κ1) is 9.28. The Balaban J connectivity index is 2.38. The number of nitrogens with two attached hydrogens (primary N) is 2. The molecule has 0 aliphatic carbocycles. The highest BCUT2D eigenvalue weighted by Crippen LogP contribution is 2.11. The molecule has 1 heterocycles. The number of hydrazine groups is 1. The highest BCUT2D eigenvalue weighted by molar-refractivity contribution is 5.77. The summed E-state index contributed by atoms with van der Waals surface area (Å²) in [5.41, 5.74) is 7.75. The Morgan fingerprint density at radius 3 is 3.00 bits per heavy atom. The van der Waals surface area contributed by atoms with Crippen LogP contribution in [0.2, 0.25) is 0 Å². The van der Waals surface area contributed by atoms with Crippen molar-refractivity contribution in [3.05, 3.63) is 0 Å². The topological polar surface area (TPSA) is 85.7 Å². The molecule has 0 aromatic carbocycles. The van der Waals surface area contributed by atoms with Crippen LogP contribution in [0.25, 0.3) is 0 Å². The van der Waals surface area contributed by atoms with Crippen molar-refractivity contribution in [3.63, 3.8) is 0 Å². The SMILES string of the molecule is NNC(N)=NC1CCCOCC1. The van der Waals surface area contributed by atoms with E-state index in [-0.39, 0.29) is 6.04 Å². The van der Waals surface area contributed by atoms with E-state index in [0.717, 1.165) is 32.5 Å². The highest BCUT2D eigenvalue weighted by atomic mass is 16.5. The van der Waals surface area contributed by atoms with Gasteiger partial charge in [0.05, 0.1) is 6.04 Å². The maximum absolute atomic E-state index is 5.43. The molecule has 0 radical (unpaired) electrons. The van der Waals surface area contributed by atoms with E-state index in [0.29, 0.717) is 5.96 Å². The van der Waals surface area contributed by atoms with E-state index in [2.05, 4.69) is 10.4 Å². The standard InChI is InChI=1S/C7H16N4O/c8-7(11-9)10-6-2-1-4-12-5-3-6/h6H,1-5,9H2,(H3,8,10,11). The van der Waals surface area contributed by atoms with Gasteiger partial charge in [0.2, 0.25) is 5.96 Å².